The third-order valence-electron chi connectivity index (χ3n) is 7.47. The predicted octanol–water partition coefficient (Wildman–Crippen LogP) is 3.26. The van der Waals surface area contributed by atoms with Crippen LogP contribution in [0.15, 0.2) is 23.1 Å². The molecule has 1 amide bonds. The topological polar surface area (TPSA) is 84.5 Å². The van der Waals surface area contributed by atoms with Crippen molar-refractivity contribution in [3.8, 4) is 0 Å². The van der Waals surface area contributed by atoms with Gasteiger partial charge < -0.3 is 10.1 Å². The van der Waals surface area contributed by atoms with Gasteiger partial charge in [0.15, 0.2) is 0 Å². The van der Waals surface area contributed by atoms with Crippen molar-refractivity contribution in [3.63, 3.8) is 0 Å². The molecule has 0 aromatic heterocycles. The number of nitrogens with one attached hydrogen (secondary N) is 2. The Kier molecular flexibility index (Phi) is 6.24. The van der Waals surface area contributed by atoms with Crippen LogP contribution in [0.5, 0.6) is 0 Å². The second-order valence-corrected chi connectivity index (χ2v) is 11.6. The van der Waals surface area contributed by atoms with E-state index in [2.05, 4.69) is 10.0 Å². The maximum absolute atomic E-state index is 12.8. The number of benzene rings is 1. The first kappa shape index (κ1) is 21.8. The maximum Gasteiger partial charge on any atom is 0.251 e. The average Bonchev–Trinajstić information content (AvgIpc) is 2.67. The summed E-state index contributed by atoms with van der Waals surface area (Å²) in [5.41, 5.74) is 1.63. The van der Waals surface area contributed by atoms with E-state index < -0.39 is 10.0 Å². The highest BCUT2D eigenvalue weighted by molar-refractivity contribution is 7.89. The summed E-state index contributed by atoms with van der Waals surface area (Å²) in [7, 11) is -2.15. The quantitative estimate of drug-likeness (QED) is 0.584. The van der Waals surface area contributed by atoms with Gasteiger partial charge in [0, 0.05) is 25.8 Å². The standard InChI is InChI=1S/C23H34N2O4S/c1-16-3-4-20(30(27,28)25-7-8-29-2)12-21(16)22(26)24-6-5-23-13-17-9-18(14-23)11-19(10-17)15-23/h3-4,12,17-19,25H,5-11,13-15H2,1-2H3,(H,24,26). The number of ether oxygens (including phenoxy) is 1. The molecule has 7 heteroatoms. The van der Waals surface area contributed by atoms with Crippen LogP contribution in [0.25, 0.3) is 0 Å². The highest BCUT2D eigenvalue weighted by Gasteiger charge is 2.50. The van der Waals surface area contributed by atoms with Crippen LogP contribution in [-0.4, -0.2) is 41.1 Å². The second-order valence-electron chi connectivity index (χ2n) is 9.79. The molecule has 4 bridgehead atoms. The molecule has 1 aromatic carbocycles. The predicted molar refractivity (Wildman–Crippen MR) is 116 cm³/mol. The van der Waals surface area contributed by atoms with Crippen molar-refractivity contribution in [2.24, 2.45) is 23.2 Å². The molecule has 0 radical (unpaired) electrons. The van der Waals surface area contributed by atoms with Gasteiger partial charge in [0.05, 0.1) is 11.5 Å². The van der Waals surface area contributed by atoms with E-state index in [4.69, 9.17) is 4.74 Å². The van der Waals surface area contributed by atoms with E-state index >= 15 is 0 Å². The second kappa shape index (κ2) is 8.60. The summed E-state index contributed by atoms with van der Waals surface area (Å²) in [6.45, 7) is 2.98. The summed E-state index contributed by atoms with van der Waals surface area (Å²) < 4.78 is 32.3. The largest absolute Gasteiger partial charge is 0.383 e. The zero-order valence-electron chi connectivity index (χ0n) is 18.1. The van der Waals surface area contributed by atoms with Crippen molar-refractivity contribution in [3.05, 3.63) is 29.3 Å². The van der Waals surface area contributed by atoms with Crippen LogP contribution < -0.4 is 10.0 Å². The van der Waals surface area contributed by atoms with Crippen LogP contribution in [0.2, 0.25) is 0 Å². The highest BCUT2D eigenvalue weighted by atomic mass is 32.2. The van der Waals surface area contributed by atoms with Gasteiger partial charge in [-0.15, -0.1) is 0 Å². The molecule has 166 valence electrons. The smallest absolute Gasteiger partial charge is 0.251 e. The minimum Gasteiger partial charge on any atom is -0.383 e. The van der Waals surface area contributed by atoms with Crippen molar-refractivity contribution >= 4 is 15.9 Å². The average molecular weight is 435 g/mol. The number of sulfonamides is 1. The van der Waals surface area contributed by atoms with Gasteiger partial charge in [-0.3, -0.25) is 4.79 Å². The molecule has 6 nitrogen and oxygen atoms in total. The molecular weight excluding hydrogens is 400 g/mol. The summed E-state index contributed by atoms with van der Waals surface area (Å²) >= 11 is 0. The fourth-order valence-electron chi connectivity index (χ4n) is 6.51. The van der Waals surface area contributed by atoms with Crippen molar-refractivity contribution in [1.82, 2.24) is 10.0 Å². The SMILES string of the molecule is COCCNS(=O)(=O)c1ccc(C)c(C(=O)NCCC23CC4CC(CC(C4)C2)C3)c1. The van der Waals surface area contributed by atoms with Gasteiger partial charge >= 0.3 is 0 Å². The Labute approximate surface area is 180 Å². The molecule has 5 rings (SSSR count). The van der Waals surface area contributed by atoms with Crippen LogP contribution in [0.3, 0.4) is 0 Å². The molecule has 0 atom stereocenters. The molecule has 0 unspecified atom stereocenters. The normalized spacial score (nSPS) is 29.9. The van der Waals surface area contributed by atoms with E-state index in [0.717, 1.165) is 29.7 Å². The Morgan fingerprint density at radius 1 is 1.10 bits per heavy atom. The van der Waals surface area contributed by atoms with Crippen LogP contribution in [-0.2, 0) is 14.8 Å². The van der Waals surface area contributed by atoms with Gasteiger partial charge in [-0.05, 0) is 92.7 Å². The van der Waals surface area contributed by atoms with E-state index in [1.54, 1.807) is 6.07 Å². The highest BCUT2D eigenvalue weighted by Crippen LogP contribution is 2.61. The van der Waals surface area contributed by atoms with Crippen LogP contribution in [0.1, 0.15) is 60.9 Å². The molecule has 0 spiro atoms. The Morgan fingerprint density at radius 3 is 2.33 bits per heavy atom. The first-order valence-electron chi connectivity index (χ1n) is 11.2. The van der Waals surface area contributed by atoms with Crippen molar-refractivity contribution in [2.75, 3.05) is 26.8 Å². The minimum atomic E-state index is -3.67. The first-order valence-corrected chi connectivity index (χ1v) is 12.7. The molecule has 4 aliphatic carbocycles. The Hall–Kier alpha value is -1.44. The molecular formula is C23H34N2O4S. The number of methoxy groups -OCH3 is 1. The zero-order chi connectivity index (χ0) is 21.4. The van der Waals surface area contributed by atoms with Crippen LogP contribution in [0.4, 0.5) is 0 Å². The molecule has 0 aliphatic heterocycles. The number of aryl methyl sites for hydroxylation is 1. The van der Waals surface area contributed by atoms with Gasteiger partial charge in [0.2, 0.25) is 10.0 Å². The van der Waals surface area contributed by atoms with E-state index in [1.807, 2.05) is 6.92 Å². The van der Waals surface area contributed by atoms with E-state index in [9.17, 15) is 13.2 Å². The number of hydrogen-bond acceptors (Lipinski definition) is 4. The molecule has 4 aliphatic rings. The first-order chi connectivity index (χ1) is 14.3. The van der Waals surface area contributed by atoms with E-state index in [1.165, 1.54) is 57.8 Å². The van der Waals surface area contributed by atoms with E-state index in [0.29, 0.717) is 24.1 Å². The van der Waals surface area contributed by atoms with Gasteiger partial charge in [-0.25, -0.2) is 13.1 Å². The molecule has 1 aromatic rings. The Bertz CT molecular complexity index is 861. The lowest BCUT2D eigenvalue weighted by molar-refractivity contribution is -0.0564. The summed E-state index contributed by atoms with van der Waals surface area (Å²) in [6.07, 6.45) is 9.29. The van der Waals surface area contributed by atoms with Crippen molar-refractivity contribution in [2.45, 2.75) is 56.8 Å². The fraction of sp³-hybridized carbons (Fsp3) is 0.696. The van der Waals surface area contributed by atoms with Gasteiger partial charge in [0.1, 0.15) is 0 Å². The molecule has 0 heterocycles. The van der Waals surface area contributed by atoms with Crippen LogP contribution >= 0.6 is 0 Å². The third kappa shape index (κ3) is 4.58. The lowest BCUT2D eigenvalue weighted by Crippen LogP contribution is -2.47. The molecule has 2 N–H and O–H groups in total. The Balaban J connectivity index is 1.38. The molecule has 4 saturated carbocycles. The number of carbonyl (C=O) groups excluding carboxylic acids is 1. The lowest BCUT2D eigenvalue weighted by atomic mass is 9.49. The molecule has 30 heavy (non-hydrogen) atoms. The van der Waals surface area contributed by atoms with E-state index in [-0.39, 0.29) is 17.3 Å². The number of hydrogen-bond donors (Lipinski definition) is 2. The molecule has 0 saturated heterocycles. The van der Waals surface area contributed by atoms with Gasteiger partial charge in [-0.1, -0.05) is 6.07 Å². The lowest BCUT2D eigenvalue weighted by Gasteiger charge is -2.57. The summed E-state index contributed by atoms with van der Waals surface area (Å²) in [4.78, 5) is 13.0. The third-order valence-corrected chi connectivity index (χ3v) is 8.93. The fourth-order valence-corrected chi connectivity index (χ4v) is 7.55. The summed E-state index contributed by atoms with van der Waals surface area (Å²) in [6, 6.07) is 4.71. The van der Waals surface area contributed by atoms with Gasteiger partial charge in [-0.2, -0.15) is 0 Å². The number of carbonyl (C=O) groups is 1. The Morgan fingerprint density at radius 2 is 1.73 bits per heavy atom. The monoisotopic (exact) mass is 434 g/mol. The van der Waals surface area contributed by atoms with Crippen LogP contribution in [0, 0.1) is 30.1 Å². The zero-order valence-corrected chi connectivity index (χ0v) is 18.9. The summed E-state index contributed by atoms with van der Waals surface area (Å²) in [5, 5.41) is 3.07. The van der Waals surface area contributed by atoms with Crippen molar-refractivity contribution < 1.29 is 17.9 Å². The number of amides is 1. The van der Waals surface area contributed by atoms with Gasteiger partial charge in [0.25, 0.3) is 5.91 Å². The maximum atomic E-state index is 12.8. The van der Waals surface area contributed by atoms with Crippen molar-refractivity contribution in [1.29, 1.82) is 0 Å². The summed E-state index contributed by atoms with van der Waals surface area (Å²) in [5.74, 6) is 2.52. The number of rotatable bonds is 9. The molecule has 4 fully saturated rings. The minimum absolute atomic E-state index is 0.107.